The highest BCUT2D eigenvalue weighted by Gasteiger charge is 2.59. The van der Waals surface area contributed by atoms with E-state index in [-0.39, 0.29) is 23.9 Å². The SMILES string of the molecule is CC(C)OC(=O)C1[C@H](c2ccccc2)C(C(=O)O)[C@@H]1c1ccccc1. The fourth-order valence-electron chi connectivity index (χ4n) is 3.84. The zero-order valence-electron chi connectivity index (χ0n) is 14.3. The minimum Gasteiger partial charge on any atom is -0.481 e. The maximum atomic E-state index is 12.8. The van der Waals surface area contributed by atoms with Gasteiger partial charge in [-0.15, -0.1) is 0 Å². The van der Waals surface area contributed by atoms with Crippen LogP contribution in [0.25, 0.3) is 0 Å². The van der Waals surface area contributed by atoms with Crippen molar-refractivity contribution in [2.24, 2.45) is 11.8 Å². The third kappa shape index (κ3) is 3.29. The van der Waals surface area contributed by atoms with Crippen molar-refractivity contribution in [1.29, 1.82) is 0 Å². The van der Waals surface area contributed by atoms with E-state index in [1.165, 1.54) is 0 Å². The van der Waals surface area contributed by atoms with Gasteiger partial charge in [0.2, 0.25) is 0 Å². The van der Waals surface area contributed by atoms with Crippen molar-refractivity contribution in [2.75, 3.05) is 0 Å². The third-order valence-corrected chi connectivity index (χ3v) is 4.83. The monoisotopic (exact) mass is 338 g/mol. The summed E-state index contributed by atoms with van der Waals surface area (Å²) in [6.07, 6.45) is -0.232. The number of carbonyl (C=O) groups is 2. The number of esters is 1. The van der Waals surface area contributed by atoms with Crippen LogP contribution in [0.15, 0.2) is 60.7 Å². The van der Waals surface area contributed by atoms with E-state index in [4.69, 9.17) is 4.74 Å². The predicted molar refractivity (Wildman–Crippen MR) is 94.2 cm³/mol. The molecule has 0 aliphatic heterocycles. The fraction of sp³-hybridized carbons (Fsp3) is 0.333. The van der Waals surface area contributed by atoms with Gasteiger partial charge in [-0.25, -0.2) is 0 Å². The first-order valence-corrected chi connectivity index (χ1v) is 8.54. The summed E-state index contributed by atoms with van der Waals surface area (Å²) in [6, 6.07) is 18.8. The summed E-state index contributed by atoms with van der Waals surface area (Å²) in [5.41, 5.74) is 1.74. The van der Waals surface area contributed by atoms with E-state index >= 15 is 0 Å². The summed E-state index contributed by atoms with van der Waals surface area (Å²) in [6.45, 7) is 3.61. The van der Waals surface area contributed by atoms with Gasteiger partial charge in [0.1, 0.15) is 0 Å². The molecule has 0 radical (unpaired) electrons. The summed E-state index contributed by atoms with van der Waals surface area (Å²) in [7, 11) is 0. The van der Waals surface area contributed by atoms with Crippen LogP contribution in [0.3, 0.4) is 0 Å². The molecule has 4 heteroatoms. The van der Waals surface area contributed by atoms with Crippen molar-refractivity contribution in [1.82, 2.24) is 0 Å². The maximum absolute atomic E-state index is 12.8. The number of carboxylic acid groups (broad SMARTS) is 1. The summed E-state index contributed by atoms with van der Waals surface area (Å²) in [4.78, 5) is 24.7. The van der Waals surface area contributed by atoms with E-state index in [2.05, 4.69) is 0 Å². The molecule has 1 saturated carbocycles. The Balaban J connectivity index is 2.03. The number of benzene rings is 2. The Kier molecular flexibility index (Phi) is 4.88. The van der Waals surface area contributed by atoms with Crippen molar-refractivity contribution in [3.05, 3.63) is 71.8 Å². The zero-order chi connectivity index (χ0) is 18.0. The van der Waals surface area contributed by atoms with Crippen molar-refractivity contribution in [3.63, 3.8) is 0 Å². The number of carbonyl (C=O) groups excluding carboxylic acids is 1. The molecule has 4 nitrogen and oxygen atoms in total. The molecule has 0 saturated heterocycles. The van der Waals surface area contributed by atoms with Crippen LogP contribution < -0.4 is 0 Å². The normalized spacial score (nSPS) is 25.2. The van der Waals surface area contributed by atoms with Crippen LogP contribution in [-0.4, -0.2) is 23.1 Å². The van der Waals surface area contributed by atoms with Crippen LogP contribution in [0.5, 0.6) is 0 Å². The molecule has 0 aromatic heterocycles. The van der Waals surface area contributed by atoms with Gasteiger partial charge < -0.3 is 9.84 Å². The Bertz CT molecular complexity index is 692. The molecule has 0 bridgehead atoms. The molecule has 3 rings (SSSR count). The zero-order valence-corrected chi connectivity index (χ0v) is 14.3. The molecule has 2 aromatic rings. The quantitative estimate of drug-likeness (QED) is 0.842. The summed E-state index contributed by atoms with van der Waals surface area (Å²) in [5.74, 6) is -3.10. The maximum Gasteiger partial charge on any atom is 0.310 e. The summed E-state index contributed by atoms with van der Waals surface area (Å²) >= 11 is 0. The lowest BCUT2D eigenvalue weighted by Crippen LogP contribution is -2.51. The average molecular weight is 338 g/mol. The third-order valence-electron chi connectivity index (χ3n) is 4.83. The number of hydrogen-bond acceptors (Lipinski definition) is 3. The highest BCUT2D eigenvalue weighted by atomic mass is 16.5. The van der Waals surface area contributed by atoms with Crippen LogP contribution in [0.4, 0.5) is 0 Å². The molecule has 1 aliphatic carbocycles. The Hall–Kier alpha value is -2.62. The molecule has 1 N–H and O–H groups in total. The van der Waals surface area contributed by atoms with E-state index in [9.17, 15) is 14.7 Å². The number of rotatable bonds is 5. The van der Waals surface area contributed by atoms with Crippen LogP contribution in [0.2, 0.25) is 0 Å². The van der Waals surface area contributed by atoms with Crippen LogP contribution in [0, 0.1) is 11.8 Å². The minimum absolute atomic E-state index is 0.232. The molecule has 2 unspecified atom stereocenters. The van der Waals surface area contributed by atoms with Gasteiger partial charge in [0.25, 0.3) is 0 Å². The van der Waals surface area contributed by atoms with Gasteiger partial charge in [-0.3, -0.25) is 9.59 Å². The first kappa shape index (κ1) is 17.2. The van der Waals surface area contributed by atoms with Crippen molar-refractivity contribution in [2.45, 2.75) is 31.8 Å². The first-order chi connectivity index (χ1) is 12.0. The van der Waals surface area contributed by atoms with Gasteiger partial charge >= 0.3 is 11.9 Å². The molecule has 25 heavy (non-hydrogen) atoms. The lowest BCUT2D eigenvalue weighted by Gasteiger charge is -2.49. The van der Waals surface area contributed by atoms with Gasteiger partial charge in [0.05, 0.1) is 17.9 Å². The molecule has 1 fully saturated rings. The summed E-state index contributed by atoms with van der Waals surface area (Å²) < 4.78 is 5.45. The second-order valence-corrected chi connectivity index (χ2v) is 6.75. The summed E-state index contributed by atoms with van der Waals surface area (Å²) in [5, 5.41) is 9.83. The van der Waals surface area contributed by atoms with Crippen molar-refractivity contribution >= 4 is 11.9 Å². The van der Waals surface area contributed by atoms with Crippen LogP contribution in [-0.2, 0) is 14.3 Å². The second kappa shape index (κ2) is 7.09. The molecule has 130 valence electrons. The average Bonchev–Trinajstić information content (AvgIpc) is 2.55. The molecular weight excluding hydrogens is 316 g/mol. The van der Waals surface area contributed by atoms with Crippen molar-refractivity contribution < 1.29 is 19.4 Å². The highest BCUT2D eigenvalue weighted by molar-refractivity contribution is 5.84. The van der Waals surface area contributed by atoms with Gasteiger partial charge in [-0.05, 0) is 25.0 Å². The topological polar surface area (TPSA) is 63.6 Å². The number of hydrogen-bond donors (Lipinski definition) is 1. The highest BCUT2D eigenvalue weighted by Crippen LogP contribution is 2.58. The standard InChI is InChI=1S/C21H22O4/c1-13(2)25-21(24)19-16(14-9-5-3-6-10-14)18(20(22)23)17(19)15-11-7-4-8-12-15/h3-13,16-19H,1-2H3,(H,22,23)/t16-,17+,18?,19?. The Morgan fingerprint density at radius 1 is 0.840 bits per heavy atom. The van der Waals surface area contributed by atoms with Gasteiger partial charge in [-0.2, -0.15) is 0 Å². The smallest absolute Gasteiger partial charge is 0.310 e. The van der Waals surface area contributed by atoms with E-state index in [1.54, 1.807) is 13.8 Å². The van der Waals surface area contributed by atoms with E-state index in [1.807, 2.05) is 60.7 Å². The molecule has 2 aromatic carbocycles. The van der Waals surface area contributed by atoms with Gasteiger partial charge in [0.15, 0.2) is 0 Å². The van der Waals surface area contributed by atoms with Crippen LogP contribution >= 0.6 is 0 Å². The van der Waals surface area contributed by atoms with E-state index in [0.29, 0.717) is 0 Å². The van der Waals surface area contributed by atoms with E-state index < -0.39 is 17.8 Å². The minimum atomic E-state index is -0.878. The molecule has 0 amide bonds. The molecular formula is C21H22O4. The molecule has 0 spiro atoms. The Morgan fingerprint density at radius 2 is 1.28 bits per heavy atom. The number of aliphatic carboxylic acids is 1. The largest absolute Gasteiger partial charge is 0.481 e. The Labute approximate surface area is 147 Å². The molecule has 1 aliphatic rings. The molecule has 4 atom stereocenters. The molecule has 0 heterocycles. The van der Waals surface area contributed by atoms with Crippen molar-refractivity contribution in [3.8, 4) is 0 Å². The fourth-order valence-corrected chi connectivity index (χ4v) is 3.84. The second-order valence-electron chi connectivity index (χ2n) is 6.75. The first-order valence-electron chi connectivity index (χ1n) is 8.54. The van der Waals surface area contributed by atoms with E-state index in [0.717, 1.165) is 11.1 Å². The lowest BCUT2D eigenvalue weighted by molar-refractivity contribution is -0.166. The van der Waals surface area contributed by atoms with Crippen LogP contribution in [0.1, 0.15) is 36.8 Å². The predicted octanol–water partition coefficient (Wildman–Crippen LogP) is 3.84. The Morgan fingerprint density at radius 3 is 1.64 bits per heavy atom. The number of ether oxygens (including phenoxy) is 1. The lowest BCUT2D eigenvalue weighted by atomic mass is 9.52. The van der Waals surface area contributed by atoms with Gasteiger partial charge in [0, 0.05) is 11.8 Å². The van der Waals surface area contributed by atoms with Gasteiger partial charge in [-0.1, -0.05) is 60.7 Å². The number of carboxylic acids is 1.